The minimum Gasteiger partial charge on any atom is -0.488 e. The predicted octanol–water partition coefficient (Wildman–Crippen LogP) is 2.14. The second-order valence-electron chi connectivity index (χ2n) is 4.31. The second-order valence-corrected chi connectivity index (χ2v) is 4.31. The first kappa shape index (κ1) is 15.8. The van der Waals surface area contributed by atoms with E-state index < -0.39 is 34.0 Å². The molecule has 8 heteroatoms. The molecular formula is C12H13F2N3O3. The fraction of sp³-hybridized carbons (Fsp3) is 0.417. The monoisotopic (exact) mass is 285 g/mol. The lowest BCUT2D eigenvalue weighted by Gasteiger charge is -2.15. The first-order valence-electron chi connectivity index (χ1n) is 5.77. The summed E-state index contributed by atoms with van der Waals surface area (Å²) in [6.07, 6.45) is 0. The van der Waals surface area contributed by atoms with Crippen molar-refractivity contribution in [2.75, 3.05) is 6.61 Å². The van der Waals surface area contributed by atoms with Crippen molar-refractivity contribution < 1.29 is 18.4 Å². The van der Waals surface area contributed by atoms with Gasteiger partial charge < -0.3 is 4.74 Å². The Labute approximate surface area is 114 Å². The van der Waals surface area contributed by atoms with Gasteiger partial charge in [-0.15, -0.1) is 0 Å². The molecule has 1 N–H and O–H groups in total. The van der Waals surface area contributed by atoms with Gasteiger partial charge in [0, 0.05) is 12.1 Å². The van der Waals surface area contributed by atoms with Crippen molar-refractivity contribution in [3.05, 3.63) is 33.9 Å². The summed E-state index contributed by atoms with van der Waals surface area (Å²) in [4.78, 5) is 9.40. The molecule has 0 aliphatic carbocycles. The summed E-state index contributed by atoms with van der Waals surface area (Å²) in [7, 11) is 0. The lowest BCUT2D eigenvalue weighted by atomic mass is 10.2. The molecule has 1 aromatic carbocycles. The summed E-state index contributed by atoms with van der Waals surface area (Å²) < 4.78 is 31.8. The Bertz CT molecular complexity index is 543. The van der Waals surface area contributed by atoms with E-state index >= 15 is 0 Å². The Balaban J connectivity index is 2.81. The van der Waals surface area contributed by atoms with Crippen LogP contribution in [0.15, 0.2) is 12.1 Å². The van der Waals surface area contributed by atoms with E-state index in [2.05, 4.69) is 5.32 Å². The minimum absolute atomic E-state index is 0.0155. The van der Waals surface area contributed by atoms with Crippen LogP contribution in [0.2, 0.25) is 0 Å². The Hall–Kier alpha value is -2.27. The molecule has 0 radical (unpaired) electrons. The second kappa shape index (κ2) is 6.77. The van der Waals surface area contributed by atoms with Crippen LogP contribution in [0.25, 0.3) is 0 Å². The molecular weight excluding hydrogens is 272 g/mol. The molecule has 1 aromatic rings. The van der Waals surface area contributed by atoms with Gasteiger partial charge >= 0.3 is 5.69 Å². The van der Waals surface area contributed by atoms with E-state index in [1.165, 1.54) is 0 Å². The normalized spacial score (nSPS) is 12.0. The zero-order chi connectivity index (χ0) is 15.3. The van der Waals surface area contributed by atoms with Crippen molar-refractivity contribution >= 4 is 5.69 Å². The number of nitriles is 1. The van der Waals surface area contributed by atoms with Crippen molar-refractivity contribution in [1.82, 2.24) is 5.32 Å². The largest absolute Gasteiger partial charge is 0.488 e. The molecule has 0 aliphatic heterocycles. The van der Waals surface area contributed by atoms with Crippen molar-refractivity contribution in [1.29, 1.82) is 5.26 Å². The highest BCUT2D eigenvalue weighted by atomic mass is 19.1. The molecule has 0 amide bonds. The molecule has 0 aliphatic rings. The van der Waals surface area contributed by atoms with Gasteiger partial charge in [-0.25, -0.2) is 4.39 Å². The first-order chi connectivity index (χ1) is 9.35. The number of hydrogen-bond donors (Lipinski definition) is 1. The van der Waals surface area contributed by atoms with Gasteiger partial charge in [0.1, 0.15) is 12.6 Å². The highest BCUT2D eigenvalue weighted by Crippen LogP contribution is 2.26. The molecule has 0 heterocycles. The number of nitro groups is 1. The number of nitro benzene ring substituents is 1. The highest BCUT2D eigenvalue weighted by Gasteiger charge is 2.20. The van der Waals surface area contributed by atoms with E-state index in [0.717, 1.165) is 0 Å². The standard InChI is InChI=1S/C12H13F2N3O3/c1-7(2)16-8(5-15)6-20-12-4-9(13)11(17(18)19)3-10(12)14/h3-4,7-8,16H,6H2,1-2H3. The highest BCUT2D eigenvalue weighted by molar-refractivity contribution is 5.39. The number of rotatable bonds is 6. The van der Waals surface area contributed by atoms with Gasteiger partial charge in [-0.2, -0.15) is 9.65 Å². The van der Waals surface area contributed by atoms with Gasteiger partial charge in [-0.1, -0.05) is 0 Å². The predicted molar refractivity (Wildman–Crippen MR) is 66.2 cm³/mol. The molecule has 0 saturated carbocycles. The molecule has 0 fully saturated rings. The number of hydrogen-bond acceptors (Lipinski definition) is 5. The maximum atomic E-state index is 13.5. The van der Waals surface area contributed by atoms with E-state index in [9.17, 15) is 18.9 Å². The average Bonchev–Trinajstić information content (AvgIpc) is 2.36. The number of halogens is 2. The van der Waals surface area contributed by atoms with Crippen LogP contribution in [0.4, 0.5) is 14.5 Å². The van der Waals surface area contributed by atoms with Crippen LogP contribution < -0.4 is 10.1 Å². The van der Waals surface area contributed by atoms with Crippen LogP contribution >= 0.6 is 0 Å². The lowest BCUT2D eigenvalue weighted by Crippen LogP contribution is -2.38. The number of benzene rings is 1. The fourth-order valence-electron chi connectivity index (χ4n) is 1.47. The van der Waals surface area contributed by atoms with Gasteiger partial charge in [0.2, 0.25) is 5.82 Å². The molecule has 1 atom stereocenters. The summed E-state index contributed by atoms with van der Waals surface area (Å²) in [5, 5.41) is 22.1. The maximum Gasteiger partial charge on any atom is 0.307 e. The van der Waals surface area contributed by atoms with Gasteiger partial charge in [-0.05, 0) is 13.8 Å². The molecule has 1 rings (SSSR count). The van der Waals surface area contributed by atoms with Crippen LogP contribution in [0.1, 0.15) is 13.8 Å². The third-order valence-electron chi connectivity index (χ3n) is 2.29. The molecule has 108 valence electrons. The average molecular weight is 285 g/mol. The van der Waals surface area contributed by atoms with E-state index in [-0.39, 0.29) is 12.6 Å². The Kier molecular flexibility index (Phi) is 5.34. The van der Waals surface area contributed by atoms with Crippen molar-refractivity contribution in [2.24, 2.45) is 0 Å². The third-order valence-corrected chi connectivity index (χ3v) is 2.29. The summed E-state index contributed by atoms with van der Waals surface area (Å²) in [6, 6.07) is 2.26. The zero-order valence-electron chi connectivity index (χ0n) is 10.9. The number of nitrogens with one attached hydrogen (secondary N) is 1. The summed E-state index contributed by atoms with van der Waals surface area (Å²) in [5.41, 5.74) is -0.966. The molecule has 0 saturated heterocycles. The molecule has 0 spiro atoms. The lowest BCUT2D eigenvalue weighted by molar-refractivity contribution is -0.387. The summed E-state index contributed by atoms with van der Waals surface area (Å²) in [6.45, 7) is 3.43. The van der Waals surface area contributed by atoms with Crippen molar-refractivity contribution in [2.45, 2.75) is 25.9 Å². The Morgan fingerprint density at radius 2 is 2.10 bits per heavy atom. The molecule has 1 unspecified atom stereocenters. The minimum atomic E-state index is -1.20. The maximum absolute atomic E-state index is 13.5. The van der Waals surface area contributed by atoms with E-state index in [1.807, 2.05) is 19.9 Å². The Morgan fingerprint density at radius 1 is 1.45 bits per heavy atom. The quantitative estimate of drug-likeness (QED) is 0.639. The van der Waals surface area contributed by atoms with Crippen LogP contribution in [0, 0.1) is 33.1 Å². The van der Waals surface area contributed by atoms with Crippen LogP contribution in [-0.2, 0) is 0 Å². The fourth-order valence-corrected chi connectivity index (χ4v) is 1.47. The van der Waals surface area contributed by atoms with Crippen molar-refractivity contribution in [3.63, 3.8) is 0 Å². The van der Waals surface area contributed by atoms with E-state index in [4.69, 9.17) is 10.00 Å². The summed E-state index contributed by atoms with van der Waals surface area (Å²) in [5.74, 6) is -2.73. The first-order valence-corrected chi connectivity index (χ1v) is 5.77. The van der Waals surface area contributed by atoms with Gasteiger partial charge in [0.25, 0.3) is 0 Å². The van der Waals surface area contributed by atoms with Gasteiger partial charge in [-0.3, -0.25) is 15.4 Å². The van der Waals surface area contributed by atoms with E-state index in [0.29, 0.717) is 12.1 Å². The SMILES string of the molecule is CC(C)NC(C#N)COc1cc(F)c([N+](=O)[O-])cc1F. The van der Waals surface area contributed by atoms with Crippen LogP contribution in [0.5, 0.6) is 5.75 Å². The molecule has 6 nitrogen and oxygen atoms in total. The van der Waals surface area contributed by atoms with Gasteiger partial charge in [0.15, 0.2) is 11.6 Å². The molecule has 0 bridgehead atoms. The van der Waals surface area contributed by atoms with Crippen LogP contribution in [-0.4, -0.2) is 23.6 Å². The topological polar surface area (TPSA) is 88.2 Å². The van der Waals surface area contributed by atoms with Gasteiger partial charge in [0.05, 0.1) is 17.1 Å². The van der Waals surface area contributed by atoms with Crippen molar-refractivity contribution in [3.8, 4) is 11.8 Å². The van der Waals surface area contributed by atoms with Crippen LogP contribution in [0.3, 0.4) is 0 Å². The molecule has 20 heavy (non-hydrogen) atoms. The third kappa shape index (κ3) is 4.13. The van der Waals surface area contributed by atoms with E-state index in [1.54, 1.807) is 0 Å². The smallest absolute Gasteiger partial charge is 0.307 e. The molecule has 0 aromatic heterocycles. The summed E-state index contributed by atoms with van der Waals surface area (Å²) >= 11 is 0. The zero-order valence-corrected chi connectivity index (χ0v) is 10.9. The number of ether oxygens (including phenoxy) is 1. The Morgan fingerprint density at radius 3 is 2.60 bits per heavy atom. The number of nitrogens with zero attached hydrogens (tertiary/aromatic N) is 2.